The fourth-order valence-corrected chi connectivity index (χ4v) is 1.16. The van der Waals surface area contributed by atoms with E-state index in [9.17, 15) is 0 Å². The summed E-state index contributed by atoms with van der Waals surface area (Å²) in [6, 6.07) is 0. The molecule has 0 unspecified atom stereocenters. The molecule has 1 aliphatic rings. The molecule has 0 bridgehead atoms. The Morgan fingerprint density at radius 2 is 1.46 bits per heavy atom. The first kappa shape index (κ1) is 9.01. The molecule has 0 aromatic heterocycles. The summed E-state index contributed by atoms with van der Waals surface area (Å²) in [5, 5.41) is 34.5. The second-order valence-electron chi connectivity index (χ2n) is 2.79. The Morgan fingerprint density at radius 3 is 1.77 bits per heavy atom. The van der Waals surface area contributed by atoms with Gasteiger partial charge in [0.2, 0.25) is 10.8 Å². The highest BCUT2D eigenvalue weighted by molar-refractivity contribution is 5.19. The maximum Gasteiger partial charge on any atom is 0.387 e. The predicted molar refractivity (Wildman–Crippen MR) is 43.2 cm³/mol. The van der Waals surface area contributed by atoms with E-state index < -0.39 is 0 Å². The standard InChI is InChI=1S/C7H6N4O2/c8-10-2-6(12)4-1-5(4)7(13)3-11-9/h2-5H,1H2/p+2/t4-,5-/m1/s1. The smallest absolute Gasteiger partial charge is 0.387 e. The molecular weight excluding hydrogens is 172 g/mol. The van der Waals surface area contributed by atoms with Crippen LogP contribution in [0.2, 0.25) is 0 Å². The van der Waals surface area contributed by atoms with E-state index in [2.05, 4.69) is 9.95 Å². The molecule has 0 heterocycles. The molecule has 1 saturated carbocycles. The summed E-state index contributed by atoms with van der Waals surface area (Å²) in [4.78, 5) is 5.30. The molecule has 1 rings (SSSR count). The van der Waals surface area contributed by atoms with Crippen molar-refractivity contribution in [2.45, 2.75) is 6.42 Å². The Labute approximate surface area is 74.1 Å². The van der Waals surface area contributed by atoms with Crippen LogP contribution in [0.3, 0.4) is 0 Å². The van der Waals surface area contributed by atoms with E-state index >= 15 is 0 Å². The van der Waals surface area contributed by atoms with E-state index in [0.717, 1.165) is 12.4 Å². The molecule has 0 spiro atoms. The molecule has 0 aliphatic heterocycles. The first-order chi connectivity index (χ1) is 6.20. The number of diazo groups is 2. The molecule has 6 nitrogen and oxygen atoms in total. The third kappa shape index (κ3) is 1.94. The minimum atomic E-state index is -0.242. The van der Waals surface area contributed by atoms with Crippen molar-refractivity contribution in [3.63, 3.8) is 0 Å². The van der Waals surface area contributed by atoms with Gasteiger partial charge in [-0.15, -0.1) is 0 Å². The molecule has 0 radical (unpaired) electrons. The van der Waals surface area contributed by atoms with Crippen molar-refractivity contribution >= 4 is 0 Å². The topological polar surface area (TPSA) is 96.8 Å². The molecule has 13 heavy (non-hydrogen) atoms. The van der Waals surface area contributed by atoms with E-state index in [1.165, 1.54) is 0 Å². The number of hydrogen-bond donors (Lipinski definition) is 2. The van der Waals surface area contributed by atoms with Gasteiger partial charge in [-0.25, -0.2) is 0 Å². The lowest BCUT2D eigenvalue weighted by molar-refractivity contribution is 0.342. The zero-order valence-electron chi connectivity index (χ0n) is 6.70. The third-order valence-corrected chi connectivity index (χ3v) is 1.93. The summed E-state index contributed by atoms with van der Waals surface area (Å²) in [5.41, 5.74) is 0. The maximum absolute atomic E-state index is 9.15. The normalized spacial score (nSPS) is 27.5. The van der Waals surface area contributed by atoms with E-state index in [1.54, 1.807) is 0 Å². The molecule has 0 amide bonds. The number of nitrogens with zero attached hydrogens (tertiary/aromatic N) is 4. The zero-order valence-corrected chi connectivity index (χ0v) is 6.70. The molecule has 1 fully saturated rings. The lowest BCUT2D eigenvalue weighted by Gasteiger charge is -1.89. The van der Waals surface area contributed by atoms with Crippen LogP contribution < -0.4 is 0 Å². The first-order valence-electron chi connectivity index (χ1n) is 3.67. The molecular formula is C7H8N4O2+2. The van der Waals surface area contributed by atoms with Gasteiger partial charge < -0.3 is 10.2 Å². The van der Waals surface area contributed by atoms with Gasteiger partial charge in [0.25, 0.3) is 0 Å². The van der Waals surface area contributed by atoms with Crippen LogP contribution in [0.1, 0.15) is 6.42 Å². The molecule has 2 atom stereocenters. The van der Waals surface area contributed by atoms with Crippen molar-refractivity contribution < 1.29 is 10.2 Å². The van der Waals surface area contributed by atoms with Crippen LogP contribution in [0.4, 0.5) is 0 Å². The summed E-state index contributed by atoms with van der Waals surface area (Å²) < 4.78 is 0. The minimum Gasteiger partial charge on any atom is -0.505 e. The SMILES string of the molecule is N#[N+]C=C(O)[C@@H]1C[C@H]1C(O)=C[N+]#N. The fraction of sp³-hybridized carbons (Fsp3) is 0.429. The molecule has 2 N–H and O–H groups in total. The van der Waals surface area contributed by atoms with E-state index in [1.807, 2.05) is 0 Å². The molecule has 1 aliphatic carbocycles. The average molecular weight is 180 g/mol. The van der Waals surface area contributed by atoms with Crippen LogP contribution in [-0.4, -0.2) is 10.2 Å². The van der Waals surface area contributed by atoms with Gasteiger partial charge in [-0.3, -0.25) is 0 Å². The van der Waals surface area contributed by atoms with Gasteiger partial charge in [0.1, 0.15) is 0 Å². The summed E-state index contributed by atoms with van der Waals surface area (Å²) in [5.74, 6) is -0.668. The summed E-state index contributed by atoms with van der Waals surface area (Å²) in [6.45, 7) is 0. The molecule has 0 saturated heterocycles. The average Bonchev–Trinajstić information content (AvgIpc) is 2.84. The molecule has 6 heteroatoms. The van der Waals surface area contributed by atoms with Crippen molar-refractivity contribution in [3.05, 3.63) is 33.9 Å². The van der Waals surface area contributed by atoms with Crippen molar-refractivity contribution in [2.24, 2.45) is 11.8 Å². The van der Waals surface area contributed by atoms with E-state index in [4.69, 9.17) is 21.0 Å². The van der Waals surface area contributed by atoms with Crippen LogP contribution in [0, 0.1) is 22.6 Å². The van der Waals surface area contributed by atoms with E-state index in [-0.39, 0.29) is 23.4 Å². The third-order valence-electron chi connectivity index (χ3n) is 1.93. The Kier molecular flexibility index (Phi) is 2.46. The summed E-state index contributed by atoms with van der Waals surface area (Å²) in [7, 11) is 0. The van der Waals surface area contributed by atoms with Crippen molar-refractivity contribution in [3.8, 4) is 0 Å². The number of allylic oxidation sites excluding steroid dienone is 2. The Morgan fingerprint density at radius 1 is 1.08 bits per heavy atom. The van der Waals surface area contributed by atoms with Crippen LogP contribution >= 0.6 is 0 Å². The van der Waals surface area contributed by atoms with Crippen LogP contribution in [0.15, 0.2) is 23.9 Å². The van der Waals surface area contributed by atoms with Gasteiger partial charge in [-0.05, 0) is 6.42 Å². The Balaban J connectivity index is 2.59. The number of aliphatic hydroxyl groups excluding tert-OH is 2. The van der Waals surface area contributed by atoms with Gasteiger partial charge in [0.15, 0.2) is 21.5 Å². The summed E-state index contributed by atoms with van der Waals surface area (Å²) >= 11 is 0. The predicted octanol–water partition coefficient (Wildman–Crippen LogP) is 2.13. The summed E-state index contributed by atoms with van der Waals surface area (Å²) in [6.07, 6.45) is 2.37. The highest BCUT2D eigenvalue weighted by atomic mass is 16.3. The van der Waals surface area contributed by atoms with E-state index in [0.29, 0.717) is 6.42 Å². The largest absolute Gasteiger partial charge is 0.505 e. The minimum absolute atomic E-state index is 0.0922. The second-order valence-corrected chi connectivity index (χ2v) is 2.79. The molecule has 66 valence electrons. The lowest BCUT2D eigenvalue weighted by Crippen LogP contribution is -1.90. The highest BCUT2D eigenvalue weighted by Gasteiger charge is 2.46. The van der Waals surface area contributed by atoms with Gasteiger partial charge in [0.05, 0.1) is 0 Å². The van der Waals surface area contributed by atoms with Gasteiger partial charge >= 0.3 is 12.4 Å². The van der Waals surface area contributed by atoms with Crippen LogP contribution in [0.5, 0.6) is 0 Å². The molecule has 0 aromatic rings. The van der Waals surface area contributed by atoms with Crippen LogP contribution in [-0.2, 0) is 0 Å². The van der Waals surface area contributed by atoms with Crippen LogP contribution in [0.25, 0.3) is 9.95 Å². The monoisotopic (exact) mass is 180 g/mol. The van der Waals surface area contributed by atoms with Gasteiger partial charge in [-0.1, -0.05) is 0 Å². The van der Waals surface area contributed by atoms with Crippen molar-refractivity contribution in [2.75, 3.05) is 0 Å². The van der Waals surface area contributed by atoms with Crippen molar-refractivity contribution in [1.82, 2.24) is 0 Å². The first-order valence-corrected chi connectivity index (χ1v) is 3.67. The maximum atomic E-state index is 9.15. The molecule has 0 aromatic carbocycles. The van der Waals surface area contributed by atoms with Crippen molar-refractivity contribution in [1.29, 1.82) is 10.8 Å². The quantitative estimate of drug-likeness (QED) is 0.502. The number of aliphatic hydroxyl groups is 2. The second kappa shape index (κ2) is 3.55. The Bertz CT molecular complexity index is 312. The number of rotatable bonds is 2. The number of hydrogen-bond acceptors (Lipinski definition) is 4. The van der Waals surface area contributed by atoms with Gasteiger partial charge in [-0.2, -0.15) is 0 Å². The fourth-order valence-electron chi connectivity index (χ4n) is 1.16. The highest BCUT2D eigenvalue weighted by Crippen LogP contribution is 2.47. The Hall–Kier alpha value is -2.08. The zero-order chi connectivity index (χ0) is 9.84. The lowest BCUT2D eigenvalue weighted by atomic mass is 10.2. The van der Waals surface area contributed by atoms with Gasteiger partial charge in [0, 0.05) is 11.8 Å².